The molecule has 1 spiro atoms. The second-order valence-corrected chi connectivity index (χ2v) is 9.10. The first-order valence-electron chi connectivity index (χ1n) is 9.70. The summed E-state index contributed by atoms with van der Waals surface area (Å²) in [5, 5.41) is 5.63. The Morgan fingerprint density at radius 2 is 1.93 bits per heavy atom. The third-order valence-corrected chi connectivity index (χ3v) is 5.67. The van der Waals surface area contributed by atoms with Crippen LogP contribution in [0.5, 0.6) is 0 Å². The first kappa shape index (κ1) is 20.3. The van der Waals surface area contributed by atoms with Crippen molar-refractivity contribution in [2.24, 2.45) is 11.3 Å². The molecule has 1 saturated carbocycles. The Balaban J connectivity index is 1.67. The summed E-state index contributed by atoms with van der Waals surface area (Å²) in [7, 11) is 0. The minimum Gasteiger partial charge on any atom is -0.348 e. The van der Waals surface area contributed by atoms with Crippen molar-refractivity contribution >= 4 is 17.8 Å². The van der Waals surface area contributed by atoms with Crippen LogP contribution in [0.2, 0.25) is 0 Å². The van der Waals surface area contributed by atoms with Crippen molar-refractivity contribution in [3.8, 4) is 0 Å². The number of carbonyl (C=O) groups excluding carboxylic acids is 3. The minimum atomic E-state index is -0.916. The lowest BCUT2D eigenvalue weighted by Gasteiger charge is -2.43. The van der Waals surface area contributed by atoms with Crippen molar-refractivity contribution in [3.63, 3.8) is 0 Å². The highest BCUT2D eigenvalue weighted by molar-refractivity contribution is 6.09. The lowest BCUT2D eigenvalue weighted by atomic mass is 9.64. The number of urea groups is 1. The average Bonchev–Trinajstić information content (AvgIpc) is 2.77. The average molecular weight is 389 g/mol. The van der Waals surface area contributed by atoms with Gasteiger partial charge in [0.05, 0.1) is 6.04 Å². The molecule has 2 aliphatic rings. The number of benzene rings is 1. The summed E-state index contributed by atoms with van der Waals surface area (Å²) in [5.74, 6) is -0.793. The van der Waals surface area contributed by atoms with Crippen molar-refractivity contribution in [2.75, 3.05) is 6.54 Å². The Morgan fingerprint density at radius 3 is 2.54 bits per heavy atom. The molecule has 1 saturated heterocycles. The predicted octanol–water partition coefficient (Wildman–Crippen LogP) is 3.14. The van der Waals surface area contributed by atoms with Crippen molar-refractivity contribution in [1.29, 1.82) is 0 Å². The summed E-state index contributed by atoms with van der Waals surface area (Å²) < 4.78 is 13.0. The molecule has 28 heavy (non-hydrogen) atoms. The van der Waals surface area contributed by atoms with Crippen molar-refractivity contribution in [1.82, 2.24) is 15.5 Å². The highest BCUT2D eigenvalue weighted by Gasteiger charge is 2.56. The van der Waals surface area contributed by atoms with Crippen LogP contribution in [0.3, 0.4) is 0 Å². The Morgan fingerprint density at radius 1 is 1.29 bits per heavy atom. The molecular formula is C21H28FN3O3. The number of imide groups is 1. The summed E-state index contributed by atoms with van der Waals surface area (Å²) in [6.07, 6.45) is 2.15. The van der Waals surface area contributed by atoms with E-state index in [0.717, 1.165) is 16.9 Å². The summed E-state index contributed by atoms with van der Waals surface area (Å²) in [6, 6.07) is 4.95. The number of hydrogen-bond acceptors (Lipinski definition) is 3. The van der Waals surface area contributed by atoms with Crippen molar-refractivity contribution in [2.45, 2.75) is 58.5 Å². The second-order valence-electron chi connectivity index (χ2n) is 9.10. The topological polar surface area (TPSA) is 78.5 Å². The zero-order valence-corrected chi connectivity index (χ0v) is 16.8. The zero-order valence-electron chi connectivity index (χ0n) is 16.8. The molecule has 152 valence electrons. The summed E-state index contributed by atoms with van der Waals surface area (Å²) >= 11 is 0. The first-order valence-corrected chi connectivity index (χ1v) is 9.70. The normalized spacial score (nSPS) is 27.6. The van der Waals surface area contributed by atoms with Gasteiger partial charge in [0.25, 0.3) is 5.91 Å². The maximum Gasteiger partial charge on any atom is 0.325 e. The molecule has 2 N–H and O–H groups in total. The van der Waals surface area contributed by atoms with Gasteiger partial charge in [0.15, 0.2) is 0 Å². The number of nitrogens with one attached hydrogen (secondary N) is 2. The van der Waals surface area contributed by atoms with Crippen LogP contribution in [0.15, 0.2) is 24.3 Å². The first-order chi connectivity index (χ1) is 13.0. The summed E-state index contributed by atoms with van der Waals surface area (Å²) in [5.41, 5.74) is -0.233. The lowest BCUT2D eigenvalue weighted by molar-refractivity contribution is -0.137. The molecule has 3 unspecified atom stereocenters. The van der Waals surface area contributed by atoms with E-state index in [9.17, 15) is 18.8 Å². The Labute approximate surface area is 164 Å². The van der Waals surface area contributed by atoms with Crippen molar-refractivity contribution < 1.29 is 18.8 Å². The maximum atomic E-state index is 13.1. The fourth-order valence-electron chi connectivity index (χ4n) is 4.92. The van der Waals surface area contributed by atoms with Crippen molar-refractivity contribution in [3.05, 3.63) is 35.6 Å². The molecule has 0 bridgehead atoms. The van der Waals surface area contributed by atoms with Crippen LogP contribution >= 0.6 is 0 Å². The van der Waals surface area contributed by atoms with Crippen LogP contribution < -0.4 is 10.6 Å². The lowest BCUT2D eigenvalue weighted by Crippen LogP contribution is -2.54. The zero-order chi connectivity index (χ0) is 20.7. The molecule has 0 radical (unpaired) electrons. The van der Waals surface area contributed by atoms with Crippen LogP contribution in [-0.4, -0.2) is 34.8 Å². The quantitative estimate of drug-likeness (QED) is 0.777. The van der Waals surface area contributed by atoms with Crippen LogP contribution in [0.4, 0.5) is 9.18 Å². The summed E-state index contributed by atoms with van der Waals surface area (Å²) in [4.78, 5) is 39.0. The minimum absolute atomic E-state index is 0.0596. The van der Waals surface area contributed by atoms with E-state index in [0.29, 0.717) is 18.8 Å². The van der Waals surface area contributed by atoms with Gasteiger partial charge < -0.3 is 10.6 Å². The molecule has 2 fully saturated rings. The Bertz CT molecular complexity index is 793. The highest BCUT2D eigenvalue weighted by Crippen LogP contribution is 2.46. The van der Waals surface area contributed by atoms with E-state index in [4.69, 9.17) is 0 Å². The molecule has 0 aromatic heterocycles. The third kappa shape index (κ3) is 4.03. The number of nitrogens with zero attached hydrogens (tertiary/aromatic N) is 1. The van der Waals surface area contributed by atoms with E-state index < -0.39 is 17.5 Å². The van der Waals surface area contributed by atoms with Gasteiger partial charge in [-0.05, 0) is 55.2 Å². The van der Waals surface area contributed by atoms with Gasteiger partial charge in [-0.1, -0.05) is 32.9 Å². The monoisotopic (exact) mass is 389 g/mol. The SMILES string of the molecule is CC1CC(C)(C)CC2(C1)NC(=O)N(CC(=O)NC(C)c1ccc(F)cc1)C2=O. The third-order valence-electron chi connectivity index (χ3n) is 5.67. The number of amides is 4. The molecule has 1 aromatic carbocycles. The number of hydrogen-bond donors (Lipinski definition) is 2. The Hall–Kier alpha value is -2.44. The van der Waals surface area contributed by atoms with E-state index in [1.165, 1.54) is 12.1 Å². The number of halogens is 1. The van der Waals surface area contributed by atoms with Crippen LogP contribution in [0.1, 0.15) is 58.6 Å². The largest absolute Gasteiger partial charge is 0.348 e. The van der Waals surface area contributed by atoms with Gasteiger partial charge in [0.2, 0.25) is 5.91 Å². The molecule has 1 aliphatic carbocycles. The van der Waals surface area contributed by atoms with Crippen LogP contribution in [0.25, 0.3) is 0 Å². The van der Waals surface area contributed by atoms with Gasteiger partial charge in [0.1, 0.15) is 17.9 Å². The van der Waals surface area contributed by atoms with Gasteiger partial charge in [-0.25, -0.2) is 9.18 Å². The van der Waals surface area contributed by atoms with Gasteiger partial charge in [-0.3, -0.25) is 14.5 Å². The fourth-order valence-corrected chi connectivity index (χ4v) is 4.92. The van der Waals surface area contributed by atoms with E-state index in [2.05, 4.69) is 31.4 Å². The molecule has 7 heteroatoms. The van der Waals surface area contributed by atoms with E-state index >= 15 is 0 Å². The highest BCUT2D eigenvalue weighted by atomic mass is 19.1. The van der Waals surface area contributed by atoms with Gasteiger partial charge >= 0.3 is 6.03 Å². The van der Waals surface area contributed by atoms with Gasteiger partial charge in [-0.2, -0.15) is 0 Å². The molecule has 1 heterocycles. The van der Waals surface area contributed by atoms with Gasteiger partial charge in [0, 0.05) is 0 Å². The fraction of sp³-hybridized carbons (Fsp3) is 0.571. The van der Waals surface area contributed by atoms with Crippen LogP contribution in [-0.2, 0) is 9.59 Å². The molecular weight excluding hydrogens is 361 g/mol. The maximum absolute atomic E-state index is 13.1. The molecule has 3 rings (SSSR count). The molecule has 1 aromatic rings. The van der Waals surface area contributed by atoms with Gasteiger partial charge in [-0.15, -0.1) is 0 Å². The molecule has 1 aliphatic heterocycles. The number of rotatable bonds is 4. The standard InChI is InChI=1S/C21H28FN3O3/c1-13-9-20(3,4)12-21(10-13)18(27)25(19(28)24-21)11-17(26)23-14(2)15-5-7-16(22)8-6-15/h5-8,13-14H,9-12H2,1-4H3,(H,23,26)(H,24,28). The Kier molecular flexibility index (Phi) is 5.21. The van der Waals surface area contributed by atoms with E-state index in [1.807, 2.05) is 0 Å². The second kappa shape index (κ2) is 7.18. The number of carbonyl (C=O) groups is 3. The van der Waals surface area contributed by atoms with Crippen LogP contribution in [0, 0.1) is 17.2 Å². The van der Waals surface area contributed by atoms with E-state index in [-0.39, 0.29) is 29.7 Å². The molecule has 3 atom stereocenters. The molecule has 4 amide bonds. The smallest absolute Gasteiger partial charge is 0.325 e. The van der Waals surface area contributed by atoms with E-state index in [1.54, 1.807) is 19.1 Å². The summed E-state index contributed by atoms with van der Waals surface area (Å²) in [6.45, 7) is 7.73. The molecule has 6 nitrogen and oxygen atoms in total. The predicted molar refractivity (Wildman–Crippen MR) is 103 cm³/mol.